The Bertz CT molecular complexity index is 499. The Kier molecular flexibility index (Phi) is 3.88. The molecule has 1 fully saturated rings. The molecule has 0 aromatic heterocycles. The molecule has 2 amide bonds. The van der Waals surface area contributed by atoms with Crippen LogP contribution in [0.15, 0.2) is 24.3 Å². The topological polar surface area (TPSA) is 40.6 Å². The minimum Gasteiger partial charge on any atom is -0.329 e. The number of piperazine rings is 1. The van der Waals surface area contributed by atoms with Crippen LogP contribution in [0.1, 0.15) is 25.8 Å². The summed E-state index contributed by atoms with van der Waals surface area (Å²) in [5, 5.41) is 0. The summed E-state index contributed by atoms with van der Waals surface area (Å²) < 4.78 is 0. The molecule has 0 bridgehead atoms. The molecule has 0 spiro atoms. The highest BCUT2D eigenvalue weighted by Crippen LogP contribution is 2.21. The molecule has 19 heavy (non-hydrogen) atoms. The molecule has 0 radical (unpaired) electrons. The van der Waals surface area contributed by atoms with Crippen LogP contribution >= 0.6 is 0 Å². The second-order valence-corrected chi connectivity index (χ2v) is 4.95. The monoisotopic (exact) mass is 260 g/mol. The SMILES string of the molecule is CCC(=O)N1CCN(c2cccc(C)c2)C(=O)[C@H]1C. The average Bonchev–Trinajstić information content (AvgIpc) is 2.41. The number of hydrogen-bond acceptors (Lipinski definition) is 2. The zero-order chi connectivity index (χ0) is 14.0. The van der Waals surface area contributed by atoms with E-state index in [1.54, 1.807) is 16.7 Å². The molecular formula is C15H20N2O2. The molecule has 0 unspecified atom stereocenters. The Morgan fingerprint density at radius 3 is 2.74 bits per heavy atom. The van der Waals surface area contributed by atoms with E-state index in [0.717, 1.165) is 11.3 Å². The third-order valence-electron chi connectivity index (χ3n) is 3.59. The van der Waals surface area contributed by atoms with Crippen molar-refractivity contribution >= 4 is 17.5 Å². The van der Waals surface area contributed by atoms with Gasteiger partial charge in [-0.1, -0.05) is 19.1 Å². The first kappa shape index (κ1) is 13.6. The molecular weight excluding hydrogens is 240 g/mol. The minimum absolute atomic E-state index is 0.00125. The Balaban J connectivity index is 2.20. The molecule has 1 aromatic carbocycles. The highest BCUT2D eigenvalue weighted by Gasteiger charge is 2.34. The lowest BCUT2D eigenvalue weighted by Gasteiger charge is -2.39. The van der Waals surface area contributed by atoms with Gasteiger partial charge in [0, 0.05) is 25.2 Å². The average molecular weight is 260 g/mol. The third-order valence-corrected chi connectivity index (χ3v) is 3.59. The van der Waals surface area contributed by atoms with E-state index in [-0.39, 0.29) is 17.9 Å². The Morgan fingerprint density at radius 2 is 2.11 bits per heavy atom. The van der Waals surface area contributed by atoms with E-state index in [0.29, 0.717) is 19.5 Å². The van der Waals surface area contributed by atoms with Crippen molar-refractivity contribution in [2.75, 3.05) is 18.0 Å². The summed E-state index contributed by atoms with van der Waals surface area (Å²) in [6.07, 6.45) is 0.446. The van der Waals surface area contributed by atoms with Crippen LogP contribution in [0.3, 0.4) is 0 Å². The first-order valence-electron chi connectivity index (χ1n) is 6.72. The van der Waals surface area contributed by atoms with E-state index in [1.807, 2.05) is 38.1 Å². The van der Waals surface area contributed by atoms with Crippen LogP contribution in [0.2, 0.25) is 0 Å². The van der Waals surface area contributed by atoms with Gasteiger partial charge in [-0.15, -0.1) is 0 Å². The summed E-state index contributed by atoms with van der Waals surface area (Å²) in [5.74, 6) is 0.0448. The van der Waals surface area contributed by atoms with Gasteiger partial charge in [0.05, 0.1) is 0 Å². The maximum Gasteiger partial charge on any atom is 0.249 e. The van der Waals surface area contributed by atoms with Crippen molar-refractivity contribution < 1.29 is 9.59 Å². The smallest absolute Gasteiger partial charge is 0.249 e. The van der Waals surface area contributed by atoms with Crippen LogP contribution in [0, 0.1) is 6.92 Å². The molecule has 1 aliphatic heterocycles. The fourth-order valence-electron chi connectivity index (χ4n) is 2.47. The van der Waals surface area contributed by atoms with Crippen molar-refractivity contribution in [3.63, 3.8) is 0 Å². The number of aryl methyl sites for hydroxylation is 1. The first-order chi connectivity index (χ1) is 9.04. The number of rotatable bonds is 2. The van der Waals surface area contributed by atoms with E-state index in [4.69, 9.17) is 0 Å². The van der Waals surface area contributed by atoms with Crippen LogP contribution in [0.4, 0.5) is 5.69 Å². The fourth-order valence-corrected chi connectivity index (χ4v) is 2.47. The predicted octanol–water partition coefficient (Wildman–Crippen LogP) is 1.97. The van der Waals surface area contributed by atoms with Gasteiger partial charge in [0.1, 0.15) is 6.04 Å². The largest absolute Gasteiger partial charge is 0.329 e. The Hall–Kier alpha value is -1.84. The first-order valence-corrected chi connectivity index (χ1v) is 6.72. The van der Waals surface area contributed by atoms with Gasteiger partial charge in [-0.25, -0.2) is 0 Å². The van der Waals surface area contributed by atoms with Crippen molar-refractivity contribution in [1.29, 1.82) is 0 Å². The van der Waals surface area contributed by atoms with Crippen LogP contribution in [0.5, 0.6) is 0 Å². The highest BCUT2D eigenvalue weighted by molar-refractivity contribution is 6.00. The summed E-state index contributed by atoms with van der Waals surface area (Å²) in [4.78, 5) is 27.6. The van der Waals surface area contributed by atoms with E-state index < -0.39 is 0 Å². The molecule has 0 saturated carbocycles. The van der Waals surface area contributed by atoms with Gasteiger partial charge in [0.25, 0.3) is 0 Å². The second-order valence-electron chi connectivity index (χ2n) is 4.95. The molecule has 4 heteroatoms. The van der Waals surface area contributed by atoms with Gasteiger partial charge in [0.15, 0.2) is 0 Å². The molecule has 1 aliphatic rings. The molecule has 1 heterocycles. The van der Waals surface area contributed by atoms with Gasteiger partial charge in [-0.3, -0.25) is 9.59 Å². The van der Waals surface area contributed by atoms with Crippen LogP contribution < -0.4 is 4.90 Å². The summed E-state index contributed by atoms with van der Waals surface area (Å²) in [5.41, 5.74) is 2.05. The normalized spacial score (nSPS) is 19.7. The van der Waals surface area contributed by atoms with Crippen LogP contribution in [-0.2, 0) is 9.59 Å². The molecule has 2 rings (SSSR count). The zero-order valence-electron chi connectivity index (χ0n) is 11.7. The molecule has 102 valence electrons. The van der Waals surface area contributed by atoms with E-state index >= 15 is 0 Å². The maximum absolute atomic E-state index is 12.4. The third kappa shape index (κ3) is 2.62. The summed E-state index contributed by atoms with van der Waals surface area (Å²) in [7, 11) is 0. The standard InChI is InChI=1S/C15H20N2O2/c1-4-14(18)16-8-9-17(15(19)12(16)3)13-7-5-6-11(2)10-13/h5-7,10,12H,4,8-9H2,1-3H3/t12-/m1/s1. The number of benzene rings is 1. The zero-order valence-corrected chi connectivity index (χ0v) is 11.7. The van der Waals surface area contributed by atoms with Gasteiger partial charge in [-0.05, 0) is 31.5 Å². The quantitative estimate of drug-likeness (QED) is 0.815. The molecule has 0 aliphatic carbocycles. The van der Waals surface area contributed by atoms with Crippen molar-refractivity contribution in [3.05, 3.63) is 29.8 Å². The Morgan fingerprint density at radius 1 is 1.37 bits per heavy atom. The fraction of sp³-hybridized carbons (Fsp3) is 0.467. The van der Waals surface area contributed by atoms with Crippen molar-refractivity contribution in [3.8, 4) is 0 Å². The predicted molar refractivity (Wildman–Crippen MR) is 75.0 cm³/mol. The molecule has 1 saturated heterocycles. The van der Waals surface area contributed by atoms with E-state index in [9.17, 15) is 9.59 Å². The highest BCUT2D eigenvalue weighted by atomic mass is 16.2. The van der Waals surface area contributed by atoms with Crippen LogP contribution in [0.25, 0.3) is 0 Å². The van der Waals surface area contributed by atoms with Crippen molar-refractivity contribution in [2.45, 2.75) is 33.2 Å². The number of anilines is 1. The number of hydrogen-bond donors (Lipinski definition) is 0. The van der Waals surface area contributed by atoms with E-state index in [2.05, 4.69) is 0 Å². The number of nitrogens with zero attached hydrogens (tertiary/aromatic N) is 2. The molecule has 0 N–H and O–H groups in total. The minimum atomic E-state index is -0.373. The Labute approximate surface area is 114 Å². The van der Waals surface area contributed by atoms with Crippen molar-refractivity contribution in [2.24, 2.45) is 0 Å². The summed E-state index contributed by atoms with van der Waals surface area (Å²) in [6.45, 7) is 6.81. The lowest BCUT2D eigenvalue weighted by Crippen LogP contribution is -2.57. The number of amides is 2. The van der Waals surface area contributed by atoms with Crippen LogP contribution in [-0.4, -0.2) is 35.8 Å². The lowest BCUT2D eigenvalue weighted by molar-refractivity contribution is -0.140. The molecule has 1 atom stereocenters. The van der Waals surface area contributed by atoms with Gasteiger partial charge >= 0.3 is 0 Å². The number of carbonyl (C=O) groups is 2. The number of carbonyl (C=O) groups excluding carboxylic acids is 2. The summed E-state index contributed by atoms with van der Waals surface area (Å²) >= 11 is 0. The lowest BCUT2D eigenvalue weighted by atomic mass is 10.1. The van der Waals surface area contributed by atoms with Gasteiger partial charge in [-0.2, -0.15) is 0 Å². The second kappa shape index (κ2) is 5.43. The van der Waals surface area contributed by atoms with Crippen molar-refractivity contribution in [1.82, 2.24) is 4.90 Å². The molecule has 4 nitrogen and oxygen atoms in total. The maximum atomic E-state index is 12.4. The van der Waals surface area contributed by atoms with Gasteiger partial charge < -0.3 is 9.80 Å². The van der Waals surface area contributed by atoms with Gasteiger partial charge in [0.2, 0.25) is 11.8 Å². The van der Waals surface area contributed by atoms with E-state index in [1.165, 1.54) is 0 Å². The molecule has 1 aromatic rings. The summed E-state index contributed by atoms with van der Waals surface area (Å²) in [6, 6.07) is 7.53.